The summed E-state index contributed by atoms with van der Waals surface area (Å²) in [6.07, 6.45) is 2.91. The minimum Gasteiger partial charge on any atom is -0.396 e. The third-order valence-electron chi connectivity index (χ3n) is 3.26. The fraction of sp³-hybridized carbons (Fsp3) is 0.545. The van der Waals surface area contributed by atoms with Gasteiger partial charge in [-0.15, -0.1) is 0 Å². The van der Waals surface area contributed by atoms with Gasteiger partial charge in [0.05, 0.1) is 0 Å². The molecule has 0 aliphatic carbocycles. The fourth-order valence-corrected chi connectivity index (χ4v) is 3.66. The van der Waals surface area contributed by atoms with Crippen LogP contribution >= 0.6 is 0 Å². The number of hydrazine groups is 1. The van der Waals surface area contributed by atoms with Crippen LogP contribution in [0.15, 0.2) is 23.2 Å². The lowest BCUT2D eigenvalue weighted by Gasteiger charge is -2.30. The predicted molar refractivity (Wildman–Crippen MR) is 70.6 cm³/mol. The summed E-state index contributed by atoms with van der Waals surface area (Å²) < 4.78 is 26.2. The molecule has 7 nitrogen and oxygen atoms in total. The zero-order valence-electron chi connectivity index (χ0n) is 10.5. The topological polar surface area (TPSA) is 109 Å². The van der Waals surface area contributed by atoms with E-state index in [0.29, 0.717) is 18.9 Å². The quantitative estimate of drug-likeness (QED) is 0.521. The Hall–Kier alpha value is -1.22. The summed E-state index contributed by atoms with van der Waals surface area (Å²) in [5, 5.41) is 9.16. The fourth-order valence-electron chi connectivity index (χ4n) is 2.16. The molecule has 1 aromatic rings. The molecule has 8 heteroatoms. The normalized spacial score (nSPS) is 21.3. The number of nitrogens with one attached hydrogen (secondary N) is 1. The van der Waals surface area contributed by atoms with Crippen molar-refractivity contribution in [2.75, 3.05) is 25.1 Å². The average molecular weight is 286 g/mol. The molecule has 106 valence electrons. The molecule has 0 saturated carbocycles. The number of nitrogen functional groups attached to an aromatic ring is 1. The molecule has 1 fully saturated rings. The van der Waals surface area contributed by atoms with Crippen LogP contribution in [-0.2, 0) is 10.0 Å². The van der Waals surface area contributed by atoms with Crippen LogP contribution in [0.5, 0.6) is 0 Å². The second kappa shape index (κ2) is 5.83. The lowest BCUT2D eigenvalue weighted by Crippen LogP contribution is -2.40. The van der Waals surface area contributed by atoms with Crippen LogP contribution in [0.25, 0.3) is 0 Å². The number of pyridine rings is 1. The summed E-state index contributed by atoms with van der Waals surface area (Å²) in [6.45, 7) is 0.853. The maximum Gasteiger partial charge on any atom is 0.244 e. The Morgan fingerprint density at radius 2 is 2.32 bits per heavy atom. The number of aliphatic hydroxyl groups excluding tert-OH is 1. The van der Waals surface area contributed by atoms with Gasteiger partial charge in [-0.2, -0.15) is 4.31 Å². The van der Waals surface area contributed by atoms with Crippen LogP contribution in [0.4, 0.5) is 5.82 Å². The Bertz CT molecular complexity index is 517. The standard InChI is InChI=1S/C11H18N4O3S/c12-14-11-4-3-10(6-13-11)19(17,18)15-5-1-2-9(7-15)8-16/h3-4,6,9,16H,1-2,5,7-8,12H2,(H,13,14). The molecular weight excluding hydrogens is 268 g/mol. The molecule has 0 radical (unpaired) electrons. The van der Waals surface area contributed by atoms with Gasteiger partial charge in [-0.25, -0.2) is 19.2 Å². The smallest absolute Gasteiger partial charge is 0.244 e. The first-order valence-electron chi connectivity index (χ1n) is 6.11. The Labute approximate surface area is 112 Å². The second-order valence-electron chi connectivity index (χ2n) is 4.58. The summed E-state index contributed by atoms with van der Waals surface area (Å²) in [5.41, 5.74) is 2.35. The minimum atomic E-state index is -3.54. The predicted octanol–water partition coefficient (Wildman–Crippen LogP) is -0.240. The molecule has 4 N–H and O–H groups in total. The van der Waals surface area contributed by atoms with E-state index in [0.717, 1.165) is 12.8 Å². The first-order valence-corrected chi connectivity index (χ1v) is 7.55. The highest BCUT2D eigenvalue weighted by Gasteiger charge is 2.30. The summed E-state index contributed by atoms with van der Waals surface area (Å²) in [7, 11) is -3.54. The van der Waals surface area contributed by atoms with E-state index in [-0.39, 0.29) is 17.4 Å². The highest BCUT2D eigenvalue weighted by molar-refractivity contribution is 7.89. The number of anilines is 1. The van der Waals surface area contributed by atoms with Gasteiger partial charge in [0.1, 0.15) is 10.7 Å². The largest absolute Gasteiger partial charge is 0.396 e. The van der Waals surface area contributed by atoms with E-state index in [1.165, 1.54) is 22.6 Å². The number of aliphatic hydroxyl groups is 1. The molecule has 19 heavy (non-hydrogen) atoms. The zero-order valence-corrected chi connectivity index (χ0v) is 11.3. The maximum absolute atomic E-state index is 12.4. The van der Waals surface area contributed by atoms with Crippen LogP contribution in [0.2, 0.25) is 0 Å². The van der Waals surface area contributed by atoms with Crippen LogP contribution in [0.1, 0.15) is 12.8 Å². The molecule has 1 aromatic heterocycles. The SMILES string of the molecule is NNc1ccc(S(=O)(=O)N2CCCC(CO)C2)cn1. The van der Waals surface area contributed by atoms with E-state index in [2.05, 4.69) is 10.4 Å². The molecule has 1 aliphatic rings. The molecule has 1 unspecified atom stereocenters. The van der Waals surface area contributed by atoms with Crippen molar-refractivity contribution in [2.45, 2.75) is 17.7 Å². The van der Waals surface area contributed by atoms with E-state index in [4.69, 9.17) is 10.9 Å². The molecule has 0 aromatic carbocycles. The van der Waals surface area contributed by atoms with Crippen molar-refractivity contribution in [2.24, 2.45) is 11.8 Å². The van der Waals surface area contributed by atoms with Crippen LogP contribution < -0.4 is 11.3 Å². The van der Waals surface area contributed by atoms with Gasteiger partial charge in [-0.3, -0.25) is 0 Å². The van der Waals surface area contributed by atoms with Crippen molar-refractivity contribution >= 4 is 15.8 Å². The van der Waals surface area contributed by atoms with Gasteiger partial charge in [0, 0.05) is 25.9 Å². The lowest BCUT2D eigenvalue weighted by molar-refractivity contribution is 0.165. The highest BCUT2D eigenvalue weighted by atomic mass is 32.2. The monoisotopic (exact) mass is 286 g/mol. The van der Waals surface area contributed by atoms with Gasteiger partial charge in [0.25, 0.3) is 0 Å². The van der Waals surface area contributed by atoms with Crippen LogP contribution in [0, 0.1) is 5.92 Å². The number of nitrogens with zero attached hydrogens (tertiary/aromatic N) is 2. The molecular formula is C11H18N4O3S. The minimum absolute atomic E-state index is 0.0142. The molecule has 0 amide bonds. The van der Waals surface area contributed by atoms with Gasteiger partial charge < -0.3 is 10.5 Å². The number of nitrogens with two attached hydrogens (primary N) is 1. The van der Waals surface area contributed by atoms with Crippen molar-refractivity contribution in [3.8, 4) is 0 Å². The van der Waals surface area contributed by atoms with Crippen molar-refractivity contribution in [1.29, 1.82) is 0 Å². The highest BCUT2D eigenvalue weighted by Crippen LogP contribution is 2.23. The molecule has 2 heterocycles. The first kappa shape index (κ1) is 14.2. The Morgan fingerprint density at radius 1 is 1.53 bits per heavy atom. The van der Waals surface area contributed by atoms with Crippen molar-refractivity contribution in [3.63, 3.8) is 0 Å². The van der Waals surface area contributed by atoms with Crippen molar-refractivity contribution in [1.82, 2.24) is 9.29 Å². The number of hydrogen-bond donors (Lipinski definition) is 3. The number of sulfonamides is 1. The summed E-state index contributed by atoms with van der Waals surface area (Å²) in [4.78, 5) is 4.05. The zero-order chi connectivity index (χ0) is 13.9. The van der Waals surface area contributed by atoms with Gasteiger partial charge in [-0.1, -0.05) is 0 Å². The lowest BCUT2D eigenvalue weighted by atomic mass is 10.0. The molecule has 2 rings (SSSR count). The Balaban J connectivity index is 2.20. The number of rotatable bonds is 4. The van der Waals surface area contributed by atoms with Crippen molar-refractivity contribution < 1.29 is 13.5 Å². The number of hydrogen-bond acceptors (Lipinski definition) is 6. The van der Waals surface area contributed by atoms with Gasteiger partial charge in [0.2, 0.25) is 10.0 Å². The van der Waals surface area contributed by atoms with E-state index >= 15 is 0 Å². The number of piperidine rings is 1. The third kappa shape index (κ3) is 3.03. The second-order valence-corrected chi connectivity index (χ2v) is 6.52. The Kier molecular flexibility index (Phi) is 4.35. The van der Waals surface area contributed by atoms with E-state index in [1.807, 2.05) is 0 Å². The van der Waals surface area contributed by atoms with E-state index in [1.54, 1.807) is 0 Å². The molecule has 1 aliphatic heterocycles. The number of aromatic nitrogens is 1. The van der Waals surface area contributed by atoms with Crippen LogP contribution in [0.3, 0.4) is 0 Å². The van der Waals surface area contributed by atoms with E-state index < -0.39 is 10.0 Å². The van der Waals surface area contributed by atoms with Crippen molar-refractivity contribution in [3.05, 3.63) is 18.3 Å². The summed E-state index contributed by atoms with van der Waals surface area (Å²) in [5.74, 6) is 5.61. The summed E-state index contributed by atoms with van der Waals surface area (Å²) >= 11 is 0. The van der Waals surface area contributed by atoms with Gasteiger partial charge in [0.15, 0.2) is 0 Å². The Morgan fingerprint density at radius 3 is 2.89 bits per heavy atom. The molecule has 0 spiro atoms. The molecule has 1 atom stereocenters. The van der Waals surface area contributed by atoms with Gasteiger partial charge >= 0.3 is 0 Å². The molecule has 0 bridgehead atoms. The van der Waals surface area contributed by atoms with E-state index in [9.17, 15) is 8.42 Å². The third-order valence-corrected chi connectivity index (χ3v) is 5.11. The van der Waals surface area contributed by atoms with Crippen LogP contribution in [-0.4, -0.2) is 42.5 Å². The van der Waals surface area contributed by atoms with Gasteiger partial charge in [-0.05, 0) is 30.9 Å². The molecule has 1 saturated heterocycles. The first-order chi connectivity index (χ1) is 9.07. The average Bonchev–Trinajstić information content (AvgIpc) is 2.47. The maximum atomic E-state index is 12.4. The summed E-state index contributed by atoms with van der Waals surface area (Å²) in [6, 6.07) is 2.99.